The maximum atomic E-state index is 8.64. The van der Waals surface area contributed by atoms with Gasteiger partial charge in [-0.05, 0) is 129 Å². The molecule has 0 spiro atoms. The van der Waals surface area contributed by atoms with Gasteiger partial charge in [-0.1, -0.05) is 257 Å². The van der Waals surface area contributed by atoms with Crippen molar-refractivity contribution in [2.24, 2.45) is 0 Å². The zero-order valence-electron chi connectivity index (χ0n) is 57.9. The average Bonchev–Trinajstić information content (AvgIpc) is 1.59. The Kier molecular flexibility index (Phi) is 23.5. The third-order valence-corrected chi connectivity index (χ3v) is 17.2. The molecule has 95 heavy (non-hydrogen) atoms. The van der Waals surface area contributed by atoms with Gasteiger partial charge in [0.25, 0.3) is 6.47 Å². The van der Waals surface area contributed by atoms with Gasteiger partial charge in [0.1, 0.15) is 0 Å². The number of rotatable bonds is 8. The zero-order valence-corrected chi connectivity index (χ0v) is 64.7. The number of fused-ring (bicyclic) bond motifs is 6. The summed E-state index contributed by atoms with van der Waals surface area (Å²) >= 11 is 3.56. The van der Waals surface area contributed by atoms with Crippen molar-refractivity contribution in [2.45, 2.75) is 105 Å². The molecule has 11 nitrogen and oxygen atoms in total. The van der Waals surface area contributed by atoms with E-state index in [1.807, 2.05) is 109 Å². The molecule has 0 fully saturated rings. The summed E-state index contributed by atoms with van der Waals surface area (Å²) in [5.74, 6) is 3.28. The van der Waals surface area contributed by atoms with Crippen LogP contribution in [0.5, 0.6) is 0 Å². The minimum Gasteiger partial charge on any atom is -1.00 e. The fourth-order valence-corrected chi connectivity index (χ4v) is 12.0. The zero-order chi connectivity index (χ0) is 65.8. The number of hydrogen-bond donors (Lipinski definition) is 1. The molecule has 0 aliphatic rings. The van der Waals surface area contributed by atoms with Gasteiger partial charge in [0.2, 0.25) is 0 Å². The van der Waals surface area contributed by atoms with E-state index in [1.165, 1.54) is 65.9 Å². The third-order valence-electron chi connectivity index (χ3n) is 16.7. The normalized spacial score (nSPS) is 11.6. The molecule has 0 aliphatic heterocycles. The van der Waals surface area contributed by atoms with E-state index in [2.05, 4.69) is 266 Å². The molecule has 14 aromatic rings. The van der Waals surface area contributed by atoms with Gasteiger partial charge in [-0.2, -0.15) is 0 Å². The number of carbonyl (C=O) groups is 1. The van der Waals surface area contributed by atoms with Crippen LogP contribution < -0.4 is 108 Å². The van der Waals surface area contributed by atoms with Crippen molar-refractivity contribution in [3.8, 4) is 62.6 Å². The van der Waals surface area contributed by atoms with Crippen molar-refractivity contribution in [1.29, 1.82) is 0 Å². The number of halogens is 1. The molecule has 14 heteroatoms. The summed E-state index contributed by atoms with van der Waals surface area (Å²) in [4.78, 5) is 14.8. The van der Waals surface area contributed by atoms with E-state index in [4.69, 9.17) is 20.2 Å². The third kappa shape index (κ3) is 16.5. The second-order valence-corrected chi connectivity index (χ2v) is 28.4. The molecule has 10 aromatic carbocycles. The molecular formula is C81H79BrK2N8O3. The minimum atomic E-state index is -0.181. The minimum absolute atomic E-state index is 0. The molecule has 4 aromatic heterocycles. The van der Waals surface area contributed by atoms with Crippen molar-refractivity contribution >= 4 is 66.0 Å². The van der Waals surface area contributed by atoms with Gasteiger partial charge in [0.05, 0.1) is 22.4 Å². The fraction of sp³-hybridized carbons (Fsp3) is 0.198. The summed E-state index contributed by atoms with van der Waals surface area (Å²) in [5, 5.41) is 32.0. The number of aromatic nitrogens is 8. The molecule has 0 radical (unpaired) electrons. The summed E-state index contributed by atoms with van der Waals surface area (Å²) in [6.07, 6.45) is 0. The van der Waals surface area contributed by atoms with Crippen LogP contribution in [0.4, 0.5) is 0 Å². The number of nitrogens with one attached hydrogen (secondary N) is 1. The first-order valence-corrected chi connectivity index (χ1v) is 32.2. The van der Waals surface area contributed by atoms with Crippen molar-refractivity contribution in [3.63, 3.8) is 0 Å². The molecule has 4 heterocycles. The Bertz CT molecular complexity index is 4670. The molecule has 14 rings (SSSR count). The molecule has 0 amide bonds. The van der Waals surface area contributed by atoms with Crippen LogP contribution in [0, 0.1) is 0 Å². The van der Waals surface area contributed by atoms with Crippen molar-refractivity contribution < 1.29 is 119 Å². The number of hydrogen-bond acceptors (Lipinski definition) is 7. The number of aromatic amines is 1. The summed E-state index contributed by atoms with van der Waals surface area (Å²) in [6.45, 7) is 27.1. The largest absolute Gasteiger partial charge is 1.00 e. The van der Waals surface area contributed by atoms with Gasteiger partial charge in [-0.25, -0.2) is 0 Å². The number of H-pyrrole nitrogens is 1. The van der Waals surface area contributed by atoms with Crippen LogP contribution in [0.25, 0.3) is 106 Å². The van der Waals surface area contributed by atoms with E-state index in [1.54, 1.807) is 0 Å². The first kappa shape index (κ1) is 72.5. The number of benzene rings is 10. The number of carbonyl (C=O) groups excluding carboxylic acids is 1. The topological polar surface area (TPSA) is 132 Å². The van der Waals surface area contributed by atoms with E-state index in [-0.39, 0.29) is 132 Å². The van der Waals surface area contributed by atoms with Gasteiger partial charge >= 0.3 is 103 Å². The van der Waals surface area contributed by atoms with E-state index < -0.39 is 0 Å². The Morgan fingerprint density at radius 1 is 0.368 bits per heavy atom. The number of nitrogens with zero attached hydrogens (tertiary/aromatic N) is 7. The Labute approximate surface area is 652 Å². The second-order valence-electron chi connectivity index (χ2n) is 27.5. The van der Waals surface area contributed by atoms with Crippen LogP contribution in [0.15, 0.2) is 247 Å². The molecule has 0 bridgehead atoms. The van der Waals surface area contributed by atoms with E-state index in [0.29, 0.717) is 0 Å². The van der Waals surface area contributed by atoms with Crippen LogP contribution in [-0.2, 0) is 31.3 Å². The van der Waals surface area contributed by atoms with Crippen molar-refractivity contribution in [2.75, 3.05) is 0 Å². The Hall–Kier alpha value is -6.74. The summed E-state index contributed by atoms with van der Waals surface area (Å²) in [7, 11) is 0. The van der Waals surface area contributed by atoms with Gasteiger partial charge in [0, 0.05) is 65.0 Å². The predicted molar refractivity (Wildman–Crippen MR) is 385 cm³/mol. The van der Waals surface area contributed by atoms with Crippen molar-refractivity contribution in [1.82, 2.24) is 39.1 Å². The first-order chi connectivity index (χ1) is 44.5. The Morgan fingerprint density at radius 3 is 0.958 bits per heavy atom. The van der Waals surface area contributed by atoms with Gasteiger partial charge in [-0.15, -0.1) is 20.4 Å². The van der Waals surface area contributed by atoms with E-state index in [0.717, 1.165) is 67.1 Å². The molecule has 0 aliphatic carbocycles. The molecule has 0 saturated heterocycles. The molecule has 1 N–H and O–H groups in total. The van der Waals surface area contributed by atoms with Gasteiger partial charge < -0.3 is 21.1 Å². The van der Waals surface area contributed by atoms with Crippen LogP contribution in [-0.4, -0.2) is 45.6 Å². The van der Waals surface area contributed by atoms with Crippen LogP contribution >= 0.6 is 15.9 Å². The maximum absolute atomic E-state index is 8.64. The quantitative estimate of drug-likeness (QED) is 0.0693. The standard InChI is InChI=1S/C40H38N4.C20H14BrN3.C20H25N.CH2O3.2K.H/c1-39(2,3)29-20-22-35-33(24-29)34-25-30(40(4,5)6)21-23-36(34)43(35)31-18-13-19-32(26-31)44-37(27-14-9-7-10-15-27)41-42-38(44)28-16-11-8-12-17-28;21-17-12-7-13-18(14-17)24-19(15-8-3-1-4-9-15)22-23-20(24)16-10-5-2-6-11-16;1-19(2,3)13-7-9-17-15(11-13)16-12-14(20(4,5)6)8-10-18(16)21-17;2-1-4-3;;;/h7-26H,1-6H3;1-14H;7-12,21H,1-6H3;1,3H;;;/q;;;;2*+1;-1/p-1. The molecule has 0 unspecified atom stereocenters. The predicted octanol–water partition coefficient (Wildman–Crippen LogP) is 14.1. The van der Waals surface area contributed by atoms with Crippen LogP contribution in [0.3, 0.4) is 0 Å². The van der Waals surface area contributed by atoms with Gasteiger partial charge in [0.15, 0.2) is 23.3 Å². The summed E-state index contributed by atoms with van der Waals surface area (Å²) in [5.41, 5.74) is 18.0. The van der Waals surface area contributed by atoms with E-state index in [9.17, 15) is 0 Å². The van der Waals surface area contributed by atoms with Crippen LogP contribution in [0.2, 0.25) is 0 Å². The molecule has 470 valence electrons. The van der Waals surface area contributed by atoms with Crippen LogP contribution in [0.1, 0.15) is 107 Å². The fourth-order valence-electron chi connectivity index (χ4n) is 11.6. The average molecular weight is 1370 g/mol. The van der Waals surface area contributed by atoms with Crippen molar-refractivity contribution in [3.05, 3.63) is 269 Å². The molecule has 0 atom stereocenters. The Morgan fingerprint density at radius 2 is 0.653 bits per heavy atom. The summed E-state index contributed by atoms with van der Waals surface area (Å²) < 4.78 is 7.70. The molecular weight excluding hydrogens is 1290 g/mol. The van der Waals surface area contributed by atoms with E-state index >= 15 is 0 Å². The van der Waals surface area contributed by atoms with Gasteiger partial charge in [-0.3, -0.25) is 13.9 Å². The monoisotopic (exact) mass is 1370 g/mol. The summed E-state index contributed by atoms with van der Waals surface area (Å²) in [6, 6.07) is 85.3. The second kappa shape index (κ2) is 30.8. The maximum Gasteiger partial charge on any atom is 1.00 e. The smallest absolute Gasteiger partial charge is 1.00 e. The molecule has 0 saturated carbocycles. The Balaban J connectivity index is 0.000000192. The first-order valence-electron chi connectivity index (χ1n) is 31.4. The SMILES string of the molecule is Brc1cccc(-n2c(-c3ccccc3)nnc2-c2ccccc2)c1.CC(C)(C)c1ccc2[nH]c3ccc(C(C)(C)C)cc3c2c1.CC(C)(C)c1ccc2c(c1)c1cc(C(C)(C)C)ccc1n2-c1cccc(-n2c(-c3ccccc3)nnc2-c2ccccc2)c1.O=CO[O-].[H-].[K+].[K+].